The number of hydrogen-bond donors (Lipinski definition) is 4. The molecule has 2 aromatic carbocycles. The summed E-state index contributed by atoms with van der Waals surface area (Å²) >= 11 is 0. The number of benzene rings is 2. The number of aromatic amines is 1. The number of imidazole rings is 1. The van der Waals surface area contributed by atoms with Crippen molar-refractivity contribution in [3.8, 4) is 11.5 Å². The third kappa shape index (κ3) is 9.08. The molecule has 2 aliphatic rings. The minimum Gasteiger partial charge on any atom is -0.491 e. The van der Waals surface area contributed by atoms with E-state index in [0.29, 0.717) is 43.1 Å². The van der Waals surface area contributed by atoms with Gasteiger partial charge in [0.05, 0.1) is 17.9 Å². The van der Waals surface area contributed by atoms with Gasteiger partial charge in [0.2, 0.25) is 17.7 Å². The van der Waals surface area contributed by atoms with E-state index >= 15 is 0 Å². The van der Waals surface area contributed by atoms with Crippen molar-refractivity contribution in [1.29, 1.82) is 0 Å². The highest BCUT2D eigenvalue weighted by atomic mass is 19.1. The fraction of sp³-hybridized carbons (Fsp3) is 0.441. The lowest BCUT2D eigenvalue weighted by Gasteiger charge is -2.34. The summed E-state index contributed by atoms with van der Waals surface area (Å²) in [4.78, 5) is 62.9. The van der Waals surface area contributed by atoms with Crippen LogP contribution in [0.15, 0.2) is 61.1 Å². The standard InChI is InChI=1S/C34H41FN6O6/c1-21(2)29-19-46-30-6-4-3-5-26(30)32(43)39-27(11-12-31(42)38-28(33(44)40-29)17-23-18-36-20-37-23)34(45)41-15-13-25(14-16-41)47-24-9-7-22(35)8-10-24/h3-10,18,20-21,25,27-29H,11-17,19H2,1-2H3,(H,36,37)(H,38,42)(H,39,43)(H,40,44)/t27-,28-,29-/m0/s1. The molecule has 0 saturated carbocycles. The minimum atomic E-state index is -1.01. The smallest absolute Gasteiger partial charge is 0.255 e. The van der Waals surface area contributed by atoms with Gasteiger partial charge in [0.1, 0.15) is 42.1 Å². The number of likely N-dealkylation sites (tertiary alicyclic amines) is 1. The van der Waals surface area contributed by atoms with Gasteiger partial charge in [-0.05, 0) is 48.7 Å². The Morgan fingerprint density at radius 3 is 2.47 bits per heavy atom. The number of halogens is 1. The lowest BCUT2D eigenvalue weighted by atomic mass is 10.0. The molecule has 47 heavy (non-hydrogen) atoms. The van der Waals surface area contributed by atoms with Crippen LogP contribution >= 0.6 is 0 Å². The van der Waals surface area contributed by atoms with Crippen molar-refractivity contribution < 1.29 is 33.0 Å². The third-order valence-corrected chi connectivity index (χ3v) is 8.45. The minimum absolute atomic E-state index is 0.0124. The number of hydrogen-bond acceptors (Lipinski definition) is 7. The first-order valence-corrected chi connectivity index (χ1v) is 16.0. The Hall–Kier alpha value is -4.94. The summed E-state index contributed by atoms with van der Waals surface area (Å²) in [6, 6.07) is 10.2. The number of nitrogens with one attached hydrogen (secondary N) is 4. The molecule has 2 aliphatic heterocycles. The van der Waals surface area contributed by atoms with Gasteiger partial charge in [-0.15, -0.1) is 0 Å². The van der Waals surface area contributed by atoms with Crippen LogP contribution in [0.25, 0.3) is 0 Å². The van der Waals surface area contributed by atoms with Crippen LogP contribution in [0, 0.1) is 11.7 Å². The van der Waals surface area contributed by atoms with Crippen molar-refractivity contribution in [2.45, 2.75) is 70.2 Å². The van der Waals surface area contributed by atoms with Crippen molar-refractivity contribution in [3.05, 3.63) is 78.1 Å². The number of H-pyrrole nitrogens is 1. The average molecular weight is 649 g/mol. The van der Waals surface area contributed by atoms with E-state index in [-0.39, 0.29) is 61.1 Å². The van der Waals surface area contributed by atoms with E-state index < -0.39 is 29.9 Å². The first-order chi connectivity index (χ1) is 22.7. The fourth-order valence-electron chi connectivity index (χ4n) is 5.62. The summed E-state index contributed by atoms with van der Waals surface area (Å²) in [6.07, 6.45) is 4.10. The molecule has 0 aliphatic carbocycles. The molecule has 1 saturated heterocycles. The summed E-state index contributed by atoms with van der Waals surface area (Å²) in [6.45, 7) is 4.72. The monoisotopic (exact) mass is 648 g/mol. The number of piperidine rings is 1. The highest BCUT2D eigenvalue weighted by Crippen LogP contribution is 2.22. The molecule has 3 atom stereocenters. The van der Waals surface area contributed by atoms with Crippen LogP contribution in [-0.4, -0.2) is 82.4 Å². The van der Waals surface area contributed by atoms with Crippen molar-refractivity contribution in [1.82, 2.24) is 30.8 Å². The Bertz CT molecular complexity index is 1520. The van der Waals surface area contributed by atoms with E-state index in [1.54, 1.807) is 47.5 Å². The second kappa shape index (κ2) is 15.6. The van der Waals surface area contributed by atoms with Crippen LogP contribution in [0.3, 0.4) is 0 Å². The number of ether oxygens (including phenoxy) is 2. The number of para-hydroxylation sites is 1. The summed E-state index contributed by atoms with van der Waals surface area (Å²) in [5.41, 5.74) is 0.906. The second-order valence-corrected chi connectivity index (χ2v) is 12.2. The number of fused-ring (bicyclic) bond motifs is 1. The topological polar surface area (TPSA) is 155 Å². The van der Waals surface area contributed by atoms with Crippen molar-refractivity contribution in [2.75, 3.05) is 19.7 Å². The number of amides is 4. The number of aromatic nitrogens is 2. The normalized spacial score (nSPS) is 21.7. The van der Waals surface area contributed by atoms with Gasteiger partial charge in [-0.25, -0.2) is 9.37 Å². The molecule has 5 rings (SSSR count). The van der Waals surface area contributed by atoms with Gasteiger partial charge in [0, 0.05) is 50.7 Å². The van der Waals surface area contributed by atoms with E-state index in [1.807, 2.05) is 13.8 Å². The summed E-state index contributed by atoms with van der Waals surface area (Å²) in [5.74, 6) is -1.15. The second-order valence-electron chi connectivity index (χ2n) is 12.2. The third-order valence-electron chi connectivity index (χ3n) is 8.45. The van der Waals surface area contributed by atoms with Gasteiger partial charge in [-0.3, -0.25) is 19.2 Å². The molecule has 250 valence electrons. The van der Waals surface area contributed by atoms with Crippen LogP contribution in [0.4, 0.5) is 4.39 Å². The van der Waals surface area contributed by atoms with Gasteiger partial charge in [-0.1, -0.05) is 26.0 Å². The predicted molar refractivity (Wildman–Crippen MR) is 170 cm³/mol. The summed E-state index contributed by atoms with van der Waals surface area (Å²) in [7, 11) is 0. The Balaban J connectivity index is 1.34. The van der Waals surface area contributed by atoms with Gasteiger partial charge in [-0.2, -0.15) is 0 Å². The van der Waals surface area contributed by atoms with Crippen molar-refractivity contribution in [2.24, 2.45) is 5.92 Å². The lowest BCUT2D eigenvalue weighted by molar-refractivity contribution is -0.135. The van der Waals surface area contributed by atoms with Crippen LogP contribution in [0.1, 0.15) is 55.6 Å². The Morgan fingerprint density at radius 2 is 1.77 bits per heavy atom. The molecule has 13 heteroatoms. The molecule has 1 fully saturated rings. The maximum absolute atomic E-state index is 13.9. The van der Waals surface area contributed by atoms with E-state index in [9.17, 15) is 23.6 Å². The molecule has 12 nitrogen and oxygen atoms in total. The maximum Gasteiger partial charge on any atom is 0.255 e. The van der Waals surface area contributed by atoms with Gasteiger partial charge < -0.3 is 35.3 Å². The number of carbonyl (C=O) groups excluding carboxylic acids is 4. The van der Waals surface area contributed by atoms with E-state index in [0.717, 1.165) is 0 Å². The van der Waals surface area contributed by atoms with E-state index in [2.05, 4.69) is 25.9 Å². The van der Waals surface area contributed by atoms with Crippen LogP contribution in [0.5, 0.6) is 11.5 Å². The molecule has 0 spiro atoms. The predicted octanol–water partition coefficient (Wildman–Crippen LogP) is 2.76. The maximum atomic E-state index is 13.9. The molecule has 0 bridgehead atoms. The van der Waals surface area contributed by atoms with Gasteiger partial charge >= 0.3 is 0 Å². The highest BCUT2D eigenvalue weighted by Gasteiger charge is 2.33. The number of nitrogens with zero attached hydrogens (tertiary/aromatic N) is 2. The zero-order chi connectivity index (χ0) is 33.3. The molecule has 0 radical (unpaired) electrons. The van der Waals surface area contributed by atoms with Crippen LogP contribution in [0.2, 0.25) is 0 Å². The number of rotatable bonds is 6. The zero-order valence-corrected chi connectivity index (χ0v) is 26.5. The SMILES string of the molecule is CC(C)[C@@H]1COc2ccccc2C(=O)N[C@H](C(=O)N2CCC(Oc3ccc(F)cc3)CC2)CCC(=O)N[C@@H](Cc2cnc[nH]2)C(=O)N1. The lowest BCUT2D eigenvalue weighted by Crippen LogP contribution is -2.53. The Kier molecular flexibility index (Phi) is 11.1. The van der Waals surface area contributed by atoms with E-state index in [1.165, 1.54) is 18.5 Å². The molecule has 3 aromatic rings. The molecule has 0 unspecified atom stereocenters. The Labute approximate surface area is 272 Å². The fourth-order valence-corrected chi connectivity index (χ4v) is 5.62. The first kappa shape index (κ1) is 33.4. The van der Waals surface area contributed by atoms with Crippen molar-refractivity contribution in [3.63, 3.8) is 0 Å². The molecule has 4 N–H and O–H groups in total. The molecular formula is C34H41FN6O6. The van der Waals surface area contributed by atoms with Gasteiger partial charge in [0.15, 0.2) is 0 Å². The summed E-state index contributed by atoms with van der Waals surface area (Å²) in [5, 5.41) is 8.67. The average Bonchev–Trinajstić information content (AvgIpc) is 3.58. The zero-order valence-electron chi connectivity index (χ0n) is 26.5. The Morgan fingerprint density at radius 1 is 1.02 bits per heavy atom. The molecule has 1 aromatic heterocycles. The first-order valence-electron chi connectivity index (χ1n) is 16.0. The van der Waals surface area contributed by atoms with E-state index in [4.69, 9.17) is 9.47 Å². The van der Waals surface area contributed by atoms with Crippen LogP contribution < -0.4 is 25.4 Å². The van der Waals surface area contributed by atoms with Crippen LogP contribution in [-0.2, 0) is 20.8 Å². The quantitative estimate of drug-likeness (QED) is 0.321. The highest BCUT2D eigenvalue weighted by molar-refractivity contribution is 6.00. The molecular weight excluding hydrogens is 607 g/mol. The largest absolute Gasteiger partial charge is 0.491 e. The van der Waals surface area contributed by atoms with Gasteiger partial charge in [0.25, 0.3) is 5.91 Å². The summed E-state index contributed by atoms with van der Waals surface area (Å²) < 4.78 is 25.4. The number of carbonyl (C=O) groups is 4. The van der Waals surface area contributed by atoms with Crippen molar-refractivity contribution >= 4 is 23.6 Å². The molecule has 4 amide bonds. The molecule has 3 heterocycles.